The van der Waals surface area contributed by atoms with Gasteiger partial charge in [-0.05, 0) is 54.9 Å². The molecule has 2 aromatic rings. The van der Waals surface area contributed by atoms with Gasteiger partial charge in [0.25, 0.3) is 0 Å². The molecule has 0 saturated carbocycles. The van der Waals surface area contributed by atoms with Crippen molar-refractivity contribution in [1.82, 2.24) is 0 Å². The van der Waals surface area contributed by atoms with E-state index in [1.807, 2.05) is 0 Å². The molecule has 2 rings (SSSR count). The minimum absolute atomic E-state index is 0.0749. The number of pyridine rings is 1. The fourth-order valence-corrected chi connectivity index (χ4v) is 2.76. The Balaban J connectivity index is 2.91. The molecule has 0 spiro atoms. The van der Waals surface area contributed by atoms with Crippen molar-refractivity contribution in [2.24, 2.45) is 7.05 Å². The molecule has 0 bridgehead atoms. The standard InChI is InChI=1S/C20H25F3N/c1-12-9-18(24(7)11-14(12)3)15-10-16(19(4,5)6)17(8-13(15)2)20(21,22)23/h8-11H,1-7H3/q+1/i1D3,3D3. The minimum atomic E-state index is -4.54. The van der Waals surface area contributed by atoms with Crippen molar-refractivity contribution in [2.75, 3.05) is 0 Å². The maximum atomic E-state index is 13.6. The van der Waals surface area contributed by atoms with Gasteiger partial charge in [-0.15, -0.1) is 0 Å². The summed E-state index contributed by atoms with van der Waals surface area (Å²) in [5.41, 5.74) is -1.09. The Morgan fingerprint density at radius 1 is 0.917 bits per heavy atom. The number of hydrogen-bond acceptors (Lipinski definition) is 0. The van der Waals surface area contributed by atoms with Gasteiger partial charge in [-0.25, -0.2) is 4.57 Å². The predicted octanol–water partition coefficient (Wildman–Crippen LogP) is 5.42. The average Bonchev–Trinajstić information content (AvgIpc) is 2.50. The molecule has 130 valence electrons. The summed E-state index contributed by atoms with van der Waals surface area (Å²) in [5.74, 6) is 0. The zero-order valence-electron chi connectivity index (χ0n) is 20.4. The molecule has 0 atom stereocenters. The molecule has 1 nitrogen and oxygen atoms in total. The van der Waals surface area contributed by atoms with Crippen LogP contribution in [0.15, 0.2) is 24.4 Å². The van der Waals surface area contributed by atoms with Crippen molar-refractivity contribution < 1.29 is 26.0 Å². The molecule has 0 amide bonds. The summed E-state index contributed by atoms with van der Waals surface area (Å²) in [5, 5.41) is 0. The Bertz CT molecular complexity index is 887. The number of halogens is 3. The van der Waals surface area contributed by atoms with E-state index in [1.54, 1.807) is 27.8 Å². The first-order chi connectivity index (χ1) is 13.2. The van der Waals surface area contributed by atoms with Crippen molar-refractivity contribution in [3.05, 3.63) is 52.2 Å². The van der Waals surface area contributed by atoms with E-state index in [0.29, 0.717) is 16.8 Å². The van der Waals surface area contributed by atoms with Crippen LogP contribution in [0, 0.1) is 20.6 Å². The molecule has 0 fully saturated rings. The molecule has 1 heterocycles. The number of benzene rings is 1. The van der Waals surface area contributed by atoms with Crippen LogP contribution in [0.4, 0.5) is 13.2 Å². The molecule has 0 unspecified atom stereocenters. The lowest BCUT2D eigenvalue weighted by atomic mass is 9.81. The van der Waals surface area contributed by atoms with Crippen molar-refractivity contribution in [1.29, 1.82) is 0 Å². The number of rotatable bonds is 1. The van der Waals surface area contributed by atoms with Crippen LogP contribution >= 0.6 is 0 Å². The lowest BCUT2D eigenvalue weighted by Gasteiger charge is -2.25. The molecule has 4 heteroatoms. The van der Waals surface area contributed by atoms with Crippen molar-refractivity contribution in [2.45, 2.75) is 53.0 Å². The molecular formula is C20H25F3N+. The topological polar surface area (TPSA) is 3.88 Å². The average molecular weight is 342 g/mol. The predicted molar refractivity (Wildman–Crippen MR) is 91.0 cm³/mol. The van der Waals surface area contributed by atoms with Gasteiger partial charge in [-0.1, -0.05) is 20.8 Å². The first-order valence-electron chi connectivity index (χ1n) is 10.5. The Kier molecular flexibility index (Phi) is 2.87. The van der Waals surface area contributed by atoms with Crippen molar-refractivity contribution in [3.63, 3.8) is 0 Å². The smallest absolute Gasteiger partial charge is 0.201 e. The van der Waals surface area contributed by atoms with Gasteiger partial charge in [0.2, 0.25) is 5.69 Å². The van der Waals surface area contributed by atoms with E-state index in [-0.39, 0.29) is 16.7 Å². The fourth-order valence-electron chi connectivity index (χ4n) is 2.76. The van der Waals surface area contributed by atoms with E-state index in [9.17, 15) is 13.2 Å². The van der Waals surface area contributed by atoms with Gasteiger partial charge < -0.3 is 0 Å². The number of alkyl halides is 3. The monoisotopic (exact) mass is 342 g/mol. The van der Waals surface area contributed by atoms with E-state index in [2.05, 4.69) is 0 Å². The first-order valence-corrected chi connectivity index (χ1v) is 7.52. The van der Waals surface area contributed by atoms with Crippen LogP contribution < -0.4 is 4.57 Å². The van der Waals surface area contributed by atoms with Gasteiger partial charge in [0, 0.05) is 25.4 Å². The minimum Gasteiger partial charge on any atom is -0.201 e. The molecule has 0 aliphatic heterocycles. The van der Waals surface area contributed by atoms with E-state index < -0.39 is 30.9 Å². The van der Waals surface area contributed by atoms with Gasteiger partial charge in [0.05, 0.1) is 5.56 Å². The SMILES string of the molecule is [2H]C([2H])([2H])c1cc(-c2cc(C(C)(C)C)c(C(F)(F)F)cc2C)[n+](C)cc1C([2H])([2H])[2H]. The number of aromatic nitrogens is 1. The number of aryl methyl sites for hydroxylation is 4. The Hall–Kier alpha value is -1.84. The summed E-state index contributed by atoms with van der Waals surface area (Å²) in [6, 6.07) is 3.73. The van der Waals surface area contributed by atoms with Crippen molar-refractivity contribution >= 4 is 0 Å². The third kappa shape index (κ3) is 3.47. The highest BCUT2D eigenvalue weighted by Crippen LogP contribution is 2.40. The van der Waals surface area contributed by atoms with Crippen LogP contribution in [0.3, 0.4) is 0 Å². The third-order valence-corrected chi connectivity index (χ3v) is 4.03. The Labute approximate surface area is 150 Å². The van der Waals surface area contributed by atoms with Crippen LogP contribution in [0.1, 0.15) is 56.8 Å². The number of nitrogens with zero attached hydrogens (tertiary/aromatic N) is 1. The third-order valence-electron chi connectivity index (χ3n) is 4.03. The van der Waals surface area contributed by atoms with Crippen molar-refractivity contribution in [3.8, 4) is 11.3 Å². The number of hydrogen-bond donors (Lipinski definition) is 0. The molecular weight excluding hydrogens is 311 g/mol. The fraction of sp³-hybridized carbons (Fsp3) is 0.450. The molecule has 0 aliphatic rings. The van der Waals surface area contributed by atoms with Gasteiger partial charge >= 0.3 is 6.18 Å². The van der Waals surface area contributed by atoms with E-state index in [0.717, 1.165) is 6.07 Å². The lowest BCUT2D eigenvalue weighted by Crippen LogP contribution is -2.32. The quantitative estimate of drug-likeness (QED) is 0.609. The largest absolute Gasteiger partial charge is 0.416 e. The Morgan fingerprint density at radius 2 is 1.54 bits per heavy atom. The highest BCUT2D eigenvalue weighted by molar-refractivity contribution is 5.65. The maximum absolute atomic E-state index is 13.6. The molecule has 0 saturated heterocycles. The summed E-state index contributed by atoms with van der Waals surface area (Å²) in [6.07, 6.45) is -3.32. The van der Waals surface area contributed by atoms with Crippen LogP contribution in [0.25, 0.3) is 11.3 Å². The van der Waals surface area contributed by atoms with E-state index in [1.165, 1.54) is 29.8 Å². The van der Waals surface area contributed by atoms with Crippen LogP contribution in [0.5, 0.6) is 0 Å². The van der Waals surface area contributed by atoms with Gasteiger partial charge in [0.15, 0.2) is 6.20 Å². The van der Waals surface area contributed by atoms with Gasteiger partial charge in [0.1, 0.15) is 7.05 Å². The molecule has 1 aromatic heterocycles. The Morgan fingerprint density at radius 3 is 2.04 bits per heavy atom. The second-order valence-electron chi connectivity index (χ2n) is 7.06. The van der Waals surface area contributed by atoms with Gasteiger partial charge in [-0.2, -0.15) is 13.2 Å². The molecule has 0 aliphatic carbocycles. The van der Waals surface area contributed by atoms with E-state index >= 15 is 0 Å². The highest BCUT2D eigenvalue weighted by atomic mass is 19.4. The van der Waals surface area contributed by atoms with Crippen LogP contribution in [-0.2, 0) is 18.6 Å². The first kappa shape index (κ1) is 11.7. The summed E-state index contributed by atoms with van der Waals surface area (Å²) in [7, 11) is 1.54. The summed E-state index contributed by atoms with van der Waals surface area (Å²) in [6.45, 7) is 1.18. The summed E-state index contributed by atoms with van der Waals surface area (Å²) in [4.78, 5) is 0. The second kappa shape index (κ2) is 5.91. The normalized spacial score (nSPS) is 17.3. The van der Waals surface area contributed by atoms with Crippen LogP contribution in [0.2, 0.25) is 0 Å². The zero-order valence-corrected chi connectivity index (χ0v) is 14.4. The lowest BCUT2D eigenvalue weighted by molar-refractivity contribution is -0.660. The second-order valence-corrected chi connectivity index (χ2v) is 7.06. The zero-order chi connectivity index (χ0) is 23.4. The molecule has 24 heavy (non-hydrogen) atoms. The summed E-state index contributed by atoms with van der Waals surface area (Å²) >= 11 is 0. The molecule has 0 radical (unpaired) electrons. The molecule has 0 N–H and O–H groups in total. The highest BCUT2D eigenvalue weighted by Gasteiger charge is 2.37. The van der Waals surface area contributed by atoms with Gasteiger partial charge in [-0.3, -0.25) is 0 Å². The molecule has 1 aromatic carbocycles. The van der Waals surface area contributed by atoms with Crippen LogP contribution in [-0.4, -0.2) is 0 Å². The maximum Gasteiger partial charge on any atom is 0.416 e. The summed E-state index contributed by atoms with van der Waals surface area (Å²) < 4.78 is 88.6. The van der Waals surface area contributed by atoms with E-state index in [4.69, 9.17) is 8.22 Å².